The van der Waals surface area contributed by atoms with E-state index in [1.54, 1.807) is 48.4 Å². The summed E-state index contributed by atoms with van der Waals surface area (Å²) in [4.78, 5) is 47.4. The summed E-state index contributed by atoms with van der Waals surface area (Å²) < 4.78 is 85.7. The number of fused-ring (bicyclic) bond motifs is 1. The molecule has 0 amide bonds. The Morgan fingerprint density at radius 3 is 2.27 bits per heavy atom. The fourth-order valence-corrected chi connectivity index (χ4v) is 9.55. The number of hydrogen-bond donors (Lipinski definition) is 0. The highest BCUT2D eigenvalue weighted by atomic mass is 32.2. The number of methoxy groups -OCH3 is 1. The minimum atomic E-state index is -4.57. The number of carbonyl (C=O) groups excluding carboxylic acids is 3. The van der Waals surface area contributed by atoms with Crippen LogP contribution in [-0.4, -0.2) is 68.9 Å². The van der Waals surface area contributed by atoms with Gasteiger partial charge in [0.25, 0.3) is 10.0 Å². The number of sulfonamides is 1. The lowest BCUT2D eigenvalue weighted by atomic mass is 9.69. The Morgan fingerprint density at radius 1 is 0.980 bits per heavy atom. The van der Waals surface area contributed by atoms with E-state index in [0.717, 1.165) is 34.9 Å². The molecule has 258 valence electrons. The quantitative estimate of drug-likeness (QED) is 0.226. The minimum Gasteiger partial charge on any atom is -0.467 e. The molecule has 1 saturated heterocycles. The molecule has 1 unspecified atom stereocenters. The molecule has 1 spiro atoms. The number of aliphatic imine (C=N–C) groups is 1. The molecule has 16 heteroatoms. The Hall–Kier alpha value is -4.70. The van der Waals surface area contributed by atoms with Gasteiger partial charge in [-0.25, -0.2) is 32.1 Å². The molecule has 6 rings (SSSR count). The van der Waals surface area contributed by atoms with Crippen molar-refractivity contribution in [2.45, 2.75) is 54.7 Å². The lowest BCUT2D eigenvalue weighted by Crippen LogP contribution is -2.55. The van der Waals surface area contributed by atoms with E-state index in [1.165, 1.54) is 24.3 Å². The highest BCUT2D eigenvalue weighted by molar-refractivity contribution is 7.91. The number of halogens is 3. The maximum Gasteiger partial charge on any atom is 0.416 e. The van der Waals surface area contributed by atoms with E-state index >= 15 is 0 Å². The maximum atomic E-state index is 14.4. The first-order chi connectivity index (χ1) is 23.3. The van der Waals surface area contributed by atoms with Gasteiger partial charge in [-0.05, 0) is 61.0 Å². The van der Waals surface area contributed by atoms with E-state index in [0.29, 0.717) is 16.8 Å². The summed E-state index contributed by atoms with van der Waals surface area (Å²) in [6.45, 7) is 2.81. The monoisotopic (exact) mass is 717 g/mol. The van der Waals surface area contributed by atoms with Crippen LogP contribution in [0.3, 0.4) is 0 Å². The number of anilines is 1. The van der Waals surface area contributed by atoms with Crippen molar-refractivity contribution in [3.63, 3.8) is 0 Å². The van der Waals surface area contributed by atoms with Crippen LogP contribution in [-0.2, 0) is 56.8 Å². The Labute approximate surface area is 283 Å². The number of ether oxygens (including phenoxy) is 3. The Kier molecular flexibility index (Phi) is 8.81. The molecule has 11 nitrogen and oxygen atoms in total. The highest BCUT2D eigenvalue weighted by Gasteiger charge is 2.69. The summed E-state index contributed by atoms with van der Waals surface area (Å²) >= 11 is 0.913. The number of carbonyl (C=O) groups is 3. The molecule has 1 fully saturated rings. The van der Waals surface area contributed by atoms with Crippen LogP contribution < -0.4 is 4.90 Å². The average Bonchev–Trinajstić information content (AvgIpc) is 3.80. The van der Waals surface area contributed by atoms with Crippen molar-refractivity contribution in [2.75, 3.05) is 25.2 Å². The first kappa shape index (κ1) is 34.2. The van der Waals surface area contributed by atoms with Gasteiger partial charge in [-0.15, -0.1) is 11.3 Å². The SMILES string of the molecule is CCOC(=O)C1=C(C(=O)OCC)C2N(Cc3ccc(C(F)(F)F)cc3)c3ccccc3[C@@]23C[C@@H](C(=O)OC)N(S(=O)(=O)c2cccs2)C3=N1. The van der Waals surface area contributed by atoms with Gasteiger partial charge in [0.1, 0.15) is 16.1 Å². The zero-order valence-electron chi connectivity index (χ0n) is 26.4. The predicted molar refractivity (Wildman–Crippen MR) is 171 cm³/mol. The van der Waals surface area contributed by atoms with Gasteiger partial charge < -0.3 is 19.1 Å². The van der Waals surface area contributed by atoms with E-state index in [2.05, 4.69) is 4.99 Å². The van der Waals surface area contributed by atoms with Gasteiger partial charge in [0.15, 0.2) is 5.70 Å². The fraction of sp³-hybridized carbons (Fsp3) is 0.333. The molecule has 0 radical (unpaired) electrons. The normalized spacial score (nSPS) is 21.5. The molecule has 0 saturated carbocycles. The van der Waals surface area contributed by atoms with Crippen molar-refractivity contribution in [3.05, 3.63) is 94.0 Å². The fourth-order valence-electron chi connectivity index (χ4n) is 6.84. The first-order valence-corrected chi connectivity index (χ1v) is 17.5. The molecule has 1 aromatic heterocycles. The standard InChI is InChI=1S/C33H30F3N3O8S2/c1-4-46-29(41)25-26(30(42)47-5-2)37-31-32(17-23(28(40)45-3)39(31)49(43,44)24-11-8-16-48-24)21-9-6-7-10-22(21)38(27(25)32)18-19-12-14-20(15-13-19)33(34,35)36/h6-16,23,27H,4-5,17-18H2,1-3H3/t23-,27?,32-/m0/s1. The topological polar surface area (TPSA) is 132 Å². The van der Waals surface area contributed by atoms with Crippen molar-refractivity contribution in [1.82, 2.24) is 4.31 Å². The summed E-state index contributed by atoms with van der Waals surface area (Å²) in [5.74, 6) is -3.08. The third-order valence-electron chi connectivity index (χ3n) is 8.70. The number of amidine groups is 1. The van der Waals surface area contributed by atoms with Crippen LogP contribution in [0.5, 0.6) is 0 Å². The van der Waals surface area contributed by atoms with Gasteiger partial charge in [-0.2, -0.15) is 13.2 Å². The first-order valence-electron chi connectivity index (χ1n) is 15.2. The van der Waals surface area contributed by atoms with E-state index in [4.69, 9.17) is 14.2 Å². The minimum absolute atomic E-state index is 0.0889. The number of hydrogen-bond acceptors (Lipinski definition) is 11. The largest absolute Gasteiger partial charge is 0.467 e. The van der Waals surface area contributed by atoms with E-state index in [1.807, 2.05) is 0 Å². The van der Waals surface area contributed by atoms with Crippen LogP contribution in [0.25, 0.3) is 0 Å². The van der Waals surface area contributed by atoms with Gasteiger partial charge >= 0.3 is 24.1 Å². The summed E-state index contributed by atoms with van der Waals surface area (Å²) in [5.41, 5.74) is -1.81. The molecule has 0 bridgehead atoms. The molecule has 4 heterocycles. The summed E-state index contributed by atoms with van der Waals surface area (Å²) in [7, 11) is -3.40. The third kappa shape index (κ3) is 5.46. The summed E-state index contributed by atoms with van der Waals surface area (Å²) in [6.07, 6.45) is -4.83. The number of alkyl halides is 3. The molecule has 3 aromatic rings. The number of thiophene rings is 1. The molecule has 0 N–H and O–H groups in total. The Morgan fingerprint density at radius 2 is 1.65 bits per heavy atom. The van der Waals surface area contributed by atoms with E-state index < -0.39 is 62.9 Å². The van der Waals surface area contributed by atoms with Crippen LogP contribution in [0, 0.1) is 0 Å². The lowest BCUT2D eigenvalue weighted by Gasteiger charge is -2.40. The second-order valence-electron chi connectivity index (χ2n) is 11.3. The average molecular weight is 718 g/mol. The van der Waals surface area contributed by atoms with Gasteiger partial charge in [0.05, 0.1) is 42.9 Å². The molecule has 49 heavy (non-hydrogen) atoms. The zero-order chi connectivity index (χ0) is 35.3. The van der Waals surface area contributed by atoms with Crippen LogP contribution in [0.4, 0.5) is 18.9 Å². The number of para-hydroxylation sites is 1. The number of rotatable bonds is 9. The third-order valence-corrected chi connectivity index (χ3v) is 11.9. The summed E-state index contributed by atoms with van der Waals surface area (Å²) in [5, 5.41) is 1.55. The Balaban J connectivity index is 1.66. The number of esters is 3. The van der Waals surface area contributed by atoms with Crippen LogP contribution in [0.2, 0.25) is 0 Å². The molecule has 0 aliphatic carbocycles. The molecule has 3 aliphatic rings. The molecule has 2 aromatic carbocycles. The zero-order valence-corrected chi connectivity index (χ0v) is 28.0. The second kappa shape index (κ2) is 12.6. The maximum absolute atomic E-state index is 14.4. The van der Waals surface area contributed by atoms with Gasteiger partial charge in [-0.1, -0.05) is 36.4 Å². The van der Waals surface area contributed by atoms with Crippen molar-refractivity contribution in [1.29, 1.82) is 0 Å². The van der Waals surface area contributed by atoms with E-state index in [-0.39, 0.29) is 41.8 Å². The lowest BCUT2D eigenvalue weighted by molar-refractivity contribution is -0.144. The summed E-state index contributed by atoms with van der Waals surface area (Å²) in [6, 6.07) is 11.5. The van der Waals surface area contributed by atoms with Gasteiger partial charge in [0.2, 0.25) is 0 Å². The van der Waals surface area contributed by atoms with Gasteiger partial charge in [0, 0.05) is 12.2 Å². The molecular formula is C33H30F3N3O8S2. The number of nitrogens with zero attached hydrogens (tertiary/aromatic N) is 3. The Bertz CT molecular complexity index is 1980. The second-order valence-corrected chi connectivity index (χ2v) is 14.3. The van der Waals surface area contributed by atoms with Crippen LogP contribution in [0.15, 0.2) is 86.5 Å². The predicted octanol–water partition coefficient (Wildman–Crippen LogP) is 4.82. The van der Waals surface area contributed by atoms with Crippen molar-refractivity contribution in [2.24, 2.45) is 4.99 Å². The molecule has 3 aliphatic heterocycles. The smallest absolute Gasteiger partial charge is 0.416 e. The van der Waals surface area contributed by atoms with Crippen LogP contribution >= 0.6 is 11.3 Å². The van der Waals surface area contributed by atoms with Crippen molar-refractivity contribution in [3.8, 4) is 0 Å². The van der Waals surface area contributed by atoms with Crippen molar-refractivity contribution >= 4 is 50.8 Å². The van der Waals surface area contributed by atoms with E-state index in [9.17, 15) is 36.0 Å². The number of benzene rings is 2. The molecular weight excluding hydrogens is 688 g/mol. The highest BCUT2D eigenvalue weighted by Crippen LogP contribution is 2.59. The molecule has 3 atom stereocenters. The van der Waals surface area contributed by atoms with Crippen LogP contribution in [0.1, 0.15) is 37.0 Å². The van der Waals surface area contributed by atoms with Crippen molar-refractivity contribution < 1.29 is 50.2 Å². The van der Waals surface area contributed by atoms with Gasteiger partial charge in [-0.3, -0.25) is 0 Å².